The van der Waals surface area contributed by atoms with E-state index in [1.54, 1.807) is 29.3 Å². The van der Waals surface area contributed by atoms with Crippen LogP contribution in [-0.2, 0) is 25.3 Å². The molecule has 7 heteroatoms. The number of aromatic nitrogens is 2. The zero-order valence-electron chi connectivity index (χ0n) is 15.6. The highest BCUT2D eigenvalue weighted by Crippen LogP contribution is 2.32. The van der Waals surface area contributed by atoms with Gasteiger partial charge in [-0.1, -0.05) is 36.4 Å². The Morgan fingerprint density at radius 3 is 2.39 bits per heavy atom. The topological polar surface area (TPSA) is 64.3 Å². The van der Waals surface area contributed by atoms with Crippen molar-refractivity contribution in [2.45, 2.75) is 6.42 Å². The van der Waals surface area contributed by atoms with Crippen LogP contribution in [0.5, 0.6) is 0 Å². The summed E-state index contributed by atoms with van der Waals surface area (Å²) in [6.07, 6.45) is 2.34. The first-order chi connectivity index (χ1) is 13.5. The number of carbonyl (C=O) groups excluding carboxylic acids is 2. The largest absolute Gasteiger partial charge is 0.328 e. The Morgan fingerprint density at radius 1 is 0.929 bits per heavy atom. The molecule has 0 saturated carbocycles. The number of hydrogen-bond donors (Lipinski definition) is 0. The monoisotopic (exact) mass is 393 g/mol. The van der Waals surface area contributed by atoms with Crippen LogP contribution in [0, 0.1) is 0 Å². The highest BCUT2D eigenvalue weighted by molar-refractivity contribution is 8.18. The number of rotatable bonds is 4. The third kappa shape index (κ3) is 3.18. The SMILES string of the molecule is Cn1c(=O)n(C)c2cc(C=C3SC(=O)N(CCc4ccccc4)C3=O)ccc21. The van der Waals surface area contributed by atoms with Crippen molar-refractivity contribution in [1.29, 1.82) is 0 Å². The van der Waals surface area contributed by atoms with Crippen LogP contribution in [0.3, 0.4) is 0 Å². The number of carbonyl (C=O) groups is 2. The van der Waals surface area contributed by atoms with Crippen molar-refractivity contribution in [1.82, 2.24) is 14.0 Å². The highest BCUT2D eigenvalue weighted by Gasteiger charge is 2.34. The van der Waals surface area contributed by atoms with Crippen molar-refractivity contribution in [2.75, 3.05) is 6.54 Å². The summed E-state index contributed by atoms with van der Waals surface area (Å²) in [7, 11) is 3.44. The Hall–Kier alpha value is -3.06. The van der Waals surface area contributed by atoms with E-state index in [1.807, 2.05) is 48.5 Å². The molecule has 2 heterocycles. The van der Waals surface area contributed by atoms with Gasteiger partial charge in [0.15, 0.2) is 0 Å². The molecule has 0 spiro atoms. The summed E-state index contributed by atoms with van der Waals surface area (Å²) in [4.78, 5) is 38.8. The molecular formula is C21H19N3O3S. The van der Waals surface area contributed by atoms with E-state index in [1.165, 1.54) is 4.90 Å². The fraction of sp³-hybridized carbons (Fsp3) is 0.190. The molecule has 0 N–H and O–H groups in total. The molecular weight excluding hydrogens is 374 g/mol. The van der Waals surface area contributed by atoms with E-state index < -0.39 is 0 Å². The van der Waals surface area contributed by atoms with Gasteiger partial charge in [0, 0.05) is 20.6 Å². The predicted molar refractivity (Wildman–Crippen MR) is 111 cm³/mol. The Morgan fingerprint density at radius 2 is 1.64 bits per heavy atom. The van der Waals surface area contributed by atoms with Gasteiger partial charge in [-0.2, -0.15) is 0 Å². The summed E-state index contributed by atoms with van der Waals surface area (Å²) >= 11 is 0.955. The average molecular weight is 393 g/mol. The molecule has 142 valence electrons. The van der Waals surface area contributed by atoms with Crippen LogP contribution in [0.1, 0.15) is 11.1 Å². The molecule has 4 rings (SSSR count). The van der Waals surface area contributed by atoms with Crippen molar-refractivity contribution in [2.24, 2.45) is 14.1 Å². The van der Waals surface area contributed by atoms with Crippen LogP contribution >= 0.6 is 11.8 Å². The van der Waals surface area contributed by atoms with Crippen LogP contribution in [0.2, 0.25) is 0 Å². The van der Waals surface area contributed by atoms with E-state index in [4.69, 9.17) is 0 Å². The number of aryl methyl sites for hydroxylation is 2. The van der Waals surface area contributed by atoms with Crippen LogP contribution in [0.4, 0.5) is 4.79 Å². The second kappa shape index (κ2) is 7.16. The lowest BCUT2D eigenvalue weighted by atomic mass is 10.1. The first-order valence-corrected chi connectivity index (χ1v) is 9.72. The summed E-state index contributed by atoms with van der Waals surface area (Å²) in [5, 5.41) is -0.250. The van der Waals surface area contributed by atoms with Gasteiger partial charge in [0.2, 0.25) is 0 Å². The number of imide groups is 1. The number of imidazole rings is 1. The van der Waals surface area contributed by atoms with Crippen LogP contribution in [0.25, 0.3) is 17.1 Å². The third-order valence-corrected chi connectivity index (χ3v) is 5.84. The standard InChI is InChI=1S/C21H19N3O3S/c1-22-16-9-8-15(12-17(16)23(2)20(22)26)13-18-19(25)24(21(27)28-18)11-10-14-6-4-3-5-7-14/h3-9,12-13H,10-11H2,1-2H3. The minimum Gasteiger partial charge on any atom is -0.295 e. The molecule has 1 aliphatic rings. The molecule has 0 unspecified atom stereocenters. The molecule has 1 fully saturated rings. The molecule has 1 aromatic heterocycles. The van der Waals surface area contributed by atoms with Crippen molar-refractivity contribution < 1.29 is 9.59 Å². The van der Waals surface area contributed by atoms with Gasteiger partial charge in [-0.05, 0) is 47.5 Å². The molecule has 2 amide bonds. The van der Waals surface area contributed by atoms with Gasteiger partial charge in [0.1, 0.15) is 0 Å². The Kier molecular flexibility index (Phi) is 4.68. The molecule has 0 bridgehead atoms. The van der Waals surface area contributed by atoms with Crippen LogP contribution in [-0.4, -0.2) is 31.7 Å². The molecule has 0 atom stereocenters. The van der Waals surface area contributed by atoms with Crippen LogP contribution < -0.4 is 5.69 Å². The zero-order valence-corrected chi connectivity index (χ0v) is 16.4. The average Bonchev–Trinajstić information content (AvgIpc) is 3.09. The van der Waals surface area contributed by atoms with E-state index in [9.17, 15) is 14.4 Å². The molecule has 0 radical (unpaired) electrons. The number of amides is 2. The summed E-state index contributed by atoms with van der Waals surface area (Å²) in [5.41, 5.74) is 3.36. The van der Waals surface area contributed by atoms with E-state index in [2.05, 4.69) is 0 Å². The fourth-order valence-corrected chi connectivity index (χ4v) is 4.21. The van der Waals surface area contributed by atoms with Gasteiger partial charge < -0.3 is 0 Å². The smallest absolute Gasteiger partial charge is 0.295 e. The number of fused-ring (bicyclic) bond motifs is 1. The lowest BCUT2D eigenvalue weighted by Crippen LogP contribution is -2.30. The molecule has 6 nitrogen and oxygen atoms in total. The summed E-state index contributed by atoms with van der Waals surface area (Å²) < 4.78 is 3.15. The van der Waals surface area contributed by atoms with Gasteiger partial charge in [-0.25, -0.2) is 4.79 Å². The molecule has 1 saturated heterocycles. The Labute approximate surface area is 166 Å². The van der Waals surface area contributed by atoms with Gasteiger partial charge >= 0.3 is 5.69 Å². The Balaban J connectivity index is 1.57. The van der Waals surface area contributed by atoms with Gasteiger partial charge in [0.05, 0.1) is 15.9 Å². The maximum Gasteiger partial charge on any atom is 0.328 e. The normalized spacial score (nSPS) is 15.9. The first kappa shape index (κ1) is 18.3. The molecule has 2 aromatic carbocycles. The summed E-state index contributed by atoms with van der Waals surface area (Å²) in [6.45, 7) is 0.359. The van der Waals surface area contributed by atoms with Gasteiger partial charge in [0.25, 0.3) is 11.1 Å². The summed E-state index contributed by atoms with van der Waals surface area (Å²) in [5.74, 6) is -0.270. The van der Waals surface area contributed by atoms with Crippen molar-refractivity contribution in [3.05, 3.63) is 75.0 Å². The molecule has 28 heavy (non-hydrogen) atoms. The number of hydrogen-bond acceptors (Lipinski definition) is 4. The zero-order chi connectivity index (χ0) is 19.8. The Bertz CT molecular complexity index is 1170. The molecule has 3 aromatic rings. The van der Waals surface area contributed by atoms with E-state index >= 15 is 0 Å². The van der Waals surface area contributed by atoms with E-state index in [0.29, 0.717) is 17.9 Å². The highest BCUT2D eigenvalue weighted by atomic mass is 32.2. The molecule has 1 aliphatic heterocycles. The lowest BCUT2D eigenvalue weighted by molar-refractivity contribution is -0.122. The molecule has 0 aliphatic carbocycles. The third-order valence-electron chi connectivity index (χ3n) is 4.93. The first-order valence-electron chi connectivity index (χ1n) is 8.90. The maximum atomic E-state index is 12.7. The minimum absolute atomic E-state index is 0.103. The van der Waals surface area contributed by atoms with Crippen molar-refractivity contribution in [3.8, 4) is 0 Å². The maximum absolute atomic E-state index is 12.7. The second-order valence-corrected chi connectivity index (χ2v) is 7.71. The number of thioether (sulfide) groups is 1. The fourth-order valence-electron chi connectivity index (χ4n) is 3.34. The summed E-state index contributed by atoms with van der Waals surface area (Å²) in [6, 6.07) is 15.3. The van der Waals surface area contributed by atoms with Crippen LogP contribution in [0.15, 0.2) is 58.2 Å². The predicted octanol–water partition coefficient (Wildman–Crippen LogP) is 3.16. The van der Waals surface area contributed by atoms with Gasteiger partial charge in [-0.3, -0.25) is 23.6 Å². The quantitative estimate of drug-likeness (QED) is 0.639. The van der Waals surface area contributed by atoms with E-state index in [-0.39, 0.29) is 16.8 Å². The second-order valence-electron chi connectivity index (χ2n) is 6.72. The number of nitrogens with zero attached hydrogens (tertiary/aromatic N) is 3. The minimum atomic E-state index is -0.270. The van der Waals surface area contributed by atoms with Crippen molar-refractivity contribution >= 4 is 40.0 Å². The lowest BCUT2D eigenvalue weighted by Gasteiger charge is -2.12. The van der Waals surface area contributed by atoms with Gasteiger partial charge in [-0.15, -0.1) is 0 Å². The number of benzene rings is 2. The van der Waals surface area contributed by atoms with Crippen molar-refractivity contribution in [3.63, 3.8) is 0 Å². The van der Waals surface area contributed by atoms with E-state index in [0.717, 1.165) is 33.9 Å².